The molecule has 0 atom stereocenters. The van der Waals surface area contributed by atoms with Gasteiger partial charge in [0.15, 0.2) is 5.17 Å². The van der Waals surface area contributed by atoms with E-state index in [1.165, 1.54) is 30.0 Å². The Morgan fingerprint density at radius 3 is 2.44 bits per heavy atom. The number of imide groups is 1. The number of nitro benzene ring substituents is 1. The van der Waals surface area contributed by atoms with Crippen molar-refractivity contribution in [1.82, 2.24) is 9.88 Å². The summed E-state index contributed by atoms with van der Waals surface area (Å²) in [6.45, 7) is 0.616. The van der Waals surface area contributed by atoms with Crippen LogP contribution in [-0.2, 0) is 16.1 Å². The summed E-state index contributed by atoms with van der Waals surface area (Å²) >= 11 is 1.26. The maximum absolute atomic E-state index is 12.8. The predicted octanol–water partition coefficient (Wildman–Crippen LogP) is 3.13. The van der Waals surface area contributed by atoms with Crippen molar-refractivity contribution in [2.75, 3.05) is 5.75 Å². The van der Waals surface area contributed by atoms with Crippen molar-refractivity contribution in [1.29, 1.82) is 5.41 Å². The van der Waals surface area contributed by atoms with Crippen LogP contribution in [-0.4, -0.2) is 32.2 Å². The zero-order valence-corrected chi connectivity index (χ0v) is 17.6. The summed E-state index contributed by atoms with van der Waals surface area (Å²) in [6, 6.07) is 13.4. The van der Waals surface area contributed by atoms with Gasteiger partial charge in [0.25, 0.3) is 17.5 Å². The number of rotatable bonds is 7. The average Bonchev–Trinajstić information content (AvgIpc) is 3.27. The number of nitrogens with two attached hydrogens (primary N) is 1. The predicted molar refractivity (Wildman–Crippen MR) is 124 cm³/mol. The van der Waals surface area contributed by atoms with Crippen LogP contribution in [0, 0.1) is 15.5 Å². The van der Waals surface area contributed by atoms with Crippen molar-refractivity contribution in [3.8, 4) is 0 Å². The number of carbonyl (C=O) groups is 2. The van der Waals surface area contributed by atoms with E-state index in [1.54, 1.807) is 12.3 Å². The standard InChI is InChI=1S/C22H19N5O4S/c23-22(24)32-11-5-10-26-12-15(13-6-1-3-8-16(13)26)19-18(20(28)25-21(19)29)14-7-2-4-9-17(14)27(30)31/h1-4,6-9,12H,5,10-11H2,(H3,23,24)(H,25,28,29). The van der Waals surface area contributed by atoms with Gasteiger partial charge >= 0.3 is 0 Å². The maximum Gasteiger partial charge on any atom is 0.277 e. The Kier molecular flexibility index (Phi) is 5.78. The number of fused-ring (bicyclic) bond motifs is 1. The maximum atomic E-state index is 12.8. The van der Waals surface area contributed by atoms with Crippen molar-refractivity contribution in [2.24, 2.45) is 5.73 Å². The molecule has 4 N–H and O–H groups in total. The van der Waals surface area contributed by atoms with Gasteiger partial charge in [-0.1, -0.05) is 42.1 Å². The van der Waals surface area contributed by atoms with E-state index in [1.807, 2.05) is 28.8 Å². The van der Waals surface area contributed by atoms with Gasteiger partial charge in [-0.15, -0.1) is 0 Å². The molecule has 0 saturated carbocycles. The van der Waals surface area contributed by atoms with Crippen LogP contribution in [0.1, 0.15) is 17.5 Å². The average molecular weight is 449 g/mol. The Morgan fingerprint density at radius 2 is 1.72 bits per heavy atom. The summed E-state index contributed by atoms with van der Waals surface area (Å²) in [5, 5.41) is 22.0. The van der Waals surface area contributed by atoms with Gasteiger partial charge in [-0.05, 0) is 18.6 Å². The lowest BCUT2D eigenvalue weighted by Crippen LogP contribution is -2.22. The topological polar surface area (TPSA) is 144 Å². The third-order valence-electron chi connectivity index (χ3n) is 5.16. The lowest BCUT2D eigenvalue weighted by atomic mass is 9.95. The number of nitrogens with one attached hydrogen (secondary N) is 2. The molecule has 0 saturated heterocycles. The number of hydrogen-bond acceptors (Lipinski definition) is 6. The van der Waals surface area contributed by atoms with E-state index in [0.29, 0.717) is 17.9 Å². The van der Waals surface area contributed by atoms with Gasteiger partial charge < -0.3 is 10.3 Å². The Bertz CT molecular complexity index is 1310. The number of nitro groups is 1. The SMILES string of the molecule is N=C(N)SCCCn1cc(C2=C(c3ccccc3[N+](=O)[O-])C(=O)NC2=O)c2ccccc21. The van der Waals surface area contributed by atoms with E-state index in [0.717, 1.165) is 17.3 Å². The number of aromatic nitrogens is 1. The van der Waals surface area contributed by atoms with Crippen molar-refractivity contribution in [3.63, 3.8) is 0 Å². The molecule has 0 bridgehead atoms. The van der Waals surface area contributed by atoms with Gasteiger partial charge in [0, 0.05) is 41.0 Å². The number of benzene rings is 2. The van der Waals surface area contributed by atoms with Crippen molar-refractivity contribution < 1.29 is 14.5 Å². The van der Waals surface area contributed by atoms with Crippen molar-refractivity contribution in [3.05, 3.63) is 76.0 Å². The molecule has 1 aliphatic heterocycles. The van der Waals surface area contributed by atoms with Gasteiger partial charge in [0.1, 0.15) is 0 Å². The summed E-state index contributed by atoms with van der Waals surface area (Å²) in [4.78, 5) is 36.5. The molecule has 1 aliphatic rings. The number of carbonyl (C=O) groups excluding carboxylic acids is 2. The summed E-state index contributed by atoms with van der Waals surface area (Å²) in [6.07, 6.45) is 2.54. The van der Waals surface area contributed by atoms with Gasteiger partial charge in [-0.25, -0.2) is 0 Å². The van der Waals surface area contributed by atoms with Crippen LogP contribution >= 0.6 is 11.8 Å². The molecule has 3 aromatic rings. The second-order valence-corrected chi connectivity index (χ2v) is 8.26. The minimum absolute atomic E-state index is 0.00246. The summed E-state index contributed by atoms with van der Waals surface area (Å²) < 4.78 is 1.98. The van der Waals surface area contributed by atoms with Gasteiger partial charge in [-0.2, -0.15) is 0 Å². The first kappa shape index (κ1) is 21.3. The minimum Gasteiger partial charge on any atom is -0.379 e. The van der Waals surface area contributed by atoms with Crippen molar-refractivity contribution in [2.45, 2.75) is 13.0 Å². The highest BCUT2D eigenvalue weighted by Crippen LogP contribution is 2.38. The molecule has 2 heterocycles. The molecule has 32 heavy (non-hydrogen) atoms. The van der Waals surface area contributed by atoms with Crippen LogP contribution in [0.4, 0.5) is 5.69 Å². The molecular formula is C22H19N5O4S. The number of hydrogen-bond donors (Lipinski definition) is 3. The van der Waals surface area contributed by atoms with Crippen LogP contribution < -0.4 is 11.1 Å². The molecule has 0 radical (unpaired) electrons. The summed E-state index contributed by atoms with van der Waals surface area (Å²) in [7, 11) is 0. The Morgan fingerprint density at radius 1 is 1.06 bits per heavy atom. The van der Waals surface area contributed by atoms with E-state index in [2.05, 4.69) is 5.32 Å². The lowest BCUT2D eigenvalue weighted by Gasteiger charge is -2.05. The normalized spacial score (nSPS) is 13.6. The zero-order chi connectivity index (χ0) is 22.8. The molecule has 0 aliphatic carbocycles. The fourth-order valence-electron chi connectivity index (χ4n) is 3.86. The smallest absolute Gasteiger partial charge is 0.277 e. The molecule has 9 nitrogen and oxygen atoms in total. The molecule has 0 unspecified atom stereocenters. The van der Waals surface area contributed by atoms with Crippen LogP contribution in [0.25, 0.3) is 22.0 Å². The fourth-order valence-corrected chi connectivity index (χ4v) is 4.35. The Hall–Kier alpha value is -3.92. The zero-order valence-electron chi connectivity index (χ0n) is 16.8. The minimum atomic E-state index is -0.658. The molecule has 0 fully saturated rings. The molecule has 162 valence electrons. The van der Waals surface area contributed by atoms with E-state index < -0.39 is 16.7 Å². The van der Waals surface area contributed by atoms with Gasteiger partial charge in [0.05, 0.1) is 21.6 Å². The summed E-state index contributed by atoms with van der Waals surface area (Å²) in [5.41, 5.74) is 6.78. The molecular weight excluding hydrogens is 430 g/mol. The molecule has 4 rings (SSSR count). The number of amides is 2. The third-order valence-corrected chi connectivity index (χ3v) is 5.96. The Balaban J connectivity index is 1.86. The quantitative estimate of drug-likeness (QED) is 0.126. The third kappa shape index (κ3) is 3.87. The van der Waals surface area contributed by atoms with Crippen LogP contribution in [0.15, 0.2) is 54.7 Å². The molecule has 2 amide bonds. The van der Waals surface area contributed by atoms with E-state index in [9.17, 15) is 19.7 Å². The van der Waals surface area contributed by atoms with Gasteiger partial charge in [0.2, 0.25) is 0 Å². The number of para-hydroxylation sites is 2. The highest BCUT2D eigenvalue weighted by molar-refractivity contribution is 8.13. The molecule has 2 aromatic carbocycles. The molecule has 0 spiro atoms. The second kappa shape index (κ2) is 8.67. The number of thioether (sulfide) groups is 1. The monoisotopic (exact) mass is 449 g/mol. The van der Waals surface area contributed by atoms with E-state index in [-0.39, 0.29) is 27.6 Å². The van der Waals surface area contributed by atoms with E-state index >= 15 is 0 Å². The highest BCUT2D eigenvalue weighted by Gasteiger charge is 2.36. The Labute approximate surface area is 186 Å². The first-order chi connectivity index (χ1) is 15.4. The fraction of sp³-hybridized carbons (Fsp3) is 0.136. The second-order valence-electron chi connectivity index (χ2n) is 7.13. The highest BCUT2D eigenvalue weighted by atomic mass is 32.2. The van der Waals surface area contributed by atoms with Crippen LogP contribution in [0.3, 0.4) is 0 Å². The van der Waals surface area contributed by atoms with E-state index in [4.69, 9.17) is 11.1 Å². The summed E-state index contributed by atoms with van der Waals surface area (Å²) in [5.74, 6) is -0.576. The van der Waals surface area contributed by atoms with Crippen LogP contribution in [0.2, 0.25) is 0 Å². The number of amidine groups is 1. The first-order valence-electron chi connectivity index (χ1n) is 9.77. The number of aryl methyl sites for hydroxylation is 1. The molecule has 10 heteroatoms. The molecule has 1 aromatic heterocycles. The first-order valence-corrected chi connectivity index (χ1v) is 10.8. The number of nitrogens with zero attached hydrogens (tertiary/aromatic N) is 2. The van der Waals surface area contributed by atoms with Gasteiger partial charge in [-0.3, -0.25) is 30.4 Å². The van der Waals surface area contributed by atoms with Crippen molar-refractivity contribution >= 4 is 56.5 Å². The largest absolute Gasteiger partial charge is 0.379 e. The van der Waals surface area contributed by atoms with Crippen LogP contribution in [0.5, 0.6) is 0 Å². The lowest BCUT2D eigenvalue weighted by molar-refractivity contribution is -0.385.